The molecule has 0 aromatic heterocycles. The van der Waals surface area contributed by atoms with Crippen LogP contribution >= 0.6 is 11.6 Å². The molecule has 0 radical (unpaired) electrons. The number of carbonyl (C=O) groups excluding carboxylic acids is 1. The van der Waals surface area contributed by atoms with Gasteiger partial charge in [0.05, 0.1) is 12.7 Å². The van der Waals surface area contributed by atoms with E-state index in [0.717, 1.165) is 5.75 Å². The molecule has 112 valence electrons. The zero-order chi connectivity index (χ0) is 15.5. The molecule has 4 nitrogen and oxygen atoms in total. The number of hydrogen-bond acceptors (Lipinski definition) is 4. The van der Waals surface area contributed by atoms with Gasteiger partial charge in [-0.1, -0.05) is 30.3 Å². The molecule has 0 aliphatic carbocycles. The summed E-state index contributed by atoms with van der Waals surface area (Å²) in [6, 6.07) is 16.5. The first-order chi connectivity index (χ1) is 10.2. The second-order valence-corrected chi connectivity index (χ2v) is 4.27. The van der Waals surface area contributed by atoms with Crippen LogP contribution in [0.15, 0.2) is 54.6 Å². The molecule has 0 heterocycles. The van der Waals surface area contributed by atoms with Gasteiger partial charge < -0.3 is 15.2 Å². The van der Waals surface area contributed by atoms with Gasteiger partial charge in [-0.2, -0.15) is 0 Å². The van der Waals surface area contributed by atoms with Crippen molar-refractivity contribution in [2.45, 2.75) is 0 Å². The van der Waals surface area contributed by atoms with Crippen LogP contribution in [0.1, 0.15) is 10.4 Å². The summed E-state index contributed by atoms with van der Waals surface area (Å²) in [6.45, 7) is 1.15. The maximum absolute atomic E-state index is 10.7. The minimum atomic E-state index is -0.498. The second kappa shape index (κ2) is 9.80. The van der Waals surface area contributed by atoms with Gasteiger partial charge in [0.1, 0.15) is 18.1 Å². The Balaban J connectivity index is 0.000000211. The standard InChI is InChI=1S/C8H7ClO2.C8H11NO/c1-11-7-5-3-2-4-6(7)8(9)10;9-6-7-10-8-4-2-1-3-5-8/h2-5H,1H3;1-5H,6-7,9H2. The van der Waals surface area contributed by atoms with Gasteiger partial charge in [-0.15, -0.1) is 0 Å². The van der Waals surface area contributed by atoms with E-state index in [0.29, 0.717) is 24.5 Å². The van der Waals surface area contributed by atoms with Crippen molar-refractivity contribution in [2.75, 3.05) is 20.3 Å². The Morgan fingerprint density at radius 1 is 1.10 bits per heavy atom. The lowest BCUT2D eigenvalue weighted by Crippen LogP contribution is -2.10. The molecule has 0 bridgehead atoms. The average molecular weight is 308 g/mol. The molecule has 0 spiro atoms. The van der Waals surface area contributed by atoms with Gasteiger partial charge in [0.15, 0.2) is 0 Å². The monoisotopic (exact) mass is 307 g/mol. The van der Waals surface area contributed by atoms with E-state index in [1.54, 1.807) is 24.3 Å². The molecule has 2 aromatic rings. The summed E-state index contributed by atoms with van der Waals surface area (Å²) in [5.41, 5.74) is 5.65. The summed E-state index contributed by atoms with van der Waals surface area (Å²) < 4.78 is 10.1. The van der Waals surface area contributed by atoms with Gasteiger partial charge >= 0.3 is 0 Å². The number of benzene rings is 2. The number of nitrogens with two attached hydrogens (primary N) is 1. The Labute approximate surface area is 129 Å². The topological polar surface area (TPSA) is 61.5 Å². The summed E-state index contributed by atoms with van der Waals surface area (Å²) in [5, 5.41) is -0.498. The molecule has 21 heavy (non-hydrogen) atoms. The fourth-order valence-corrected chi connectivity index (χ4v) is 1.66. The number of hydrogen-bond donors (Lipinski definition) is 1. The third-order valence-corrected chi connectivity index (χ3v) is 2.65. The van der Waals surface area contributed by atoms with Gasteiger partial charge in [-0.25, -0.2) is 0 Å². The molecular formula is C16H18ClNO3. The number of halogens is 1. The minimum absolute atomic E-state index is 0.400. The molecule has 0 amide bonds. The highest BCUT2D eigenvalue weighted by Crippen LogP contribution is 2.18. The predicted octanol–water partition coefficient (Wildman–Crippen LogP) is 3.10. The highest BCUT2D eigenvalue weighted by Gasteiger charge is 2.06. The molecule has 0 fully saturated rings. The van der Waals surface area contributed by atoms with Crippen molar-refractivity contribution in [3.8, 4) is 11.5 Å². The van der Waals surface area contributed by atoms with Crippen LogP contribution < -0.4 is 15.2 Å². The van der Waals surface area contributed by atoms with Crippen LogP contribution in [0.2, 0.25) is 0 Å². The molecule has 2 rings (SSSR count). The van der Waals surface area contributed by atoms with E-state index in [1.807, 2.05) is 30.3 Å². The highest BCUT2D eigenvalue weighted by molar-refractivity contribution is 6.68. The first-order valence-electron chi connectivity index (χ1n) is 6.39. The smallest absolute Gasteiger partial charge is 0.256 e. The SMILES string of the molecule is COc1ccccc1C(=O)Cl.NCCOc1ccccc1. The Morgan fingerprint density at radius 3 is 2.24 bits per heavy atom. The number of rotatable bonds is 5. The quantitative estimate of drug-likeness (QED) is 0.862. The number of ether oxygens (including phenoxy) is 2. The van der Waals surface area contributed by atoms with Crippen LogP contribution in [0.5, 0.6) is 11.5 Å². The molecule has 0 unspecified atom stereocenters. The van der Waals surface area contributed by atoms with Crippen molar-refractivity contribution in [3.63, 3.8) is 0 Å². The van der Waals surface area contributed by atoms with E-state index in [-0.39, 0.29) is 0 Å². The zero-order valence-electron chi connectivity index (χ0n) is 11.8. The van der Waals surface area contributed by atoms with Crippen molar-refractivity contribution in [3.05, 3.63) is 60.2 Å². The van der Waals surface area contributed by atoms with E-state index in [2.05, 4.69) is 0 Å². The van der Waals surface area contributed by atoms with Crippen molar-refractivity contribution in [2.24, 2.45) is 5.73 Å². The second-order valence-electron chi connectivity index (χ2n) is 3.92. The van der Waals surface area contributed by atoms with Gasteiger partial charge in [0, 0.05) is 6.54 Å². The molecular weight excluding hydrogens is 290 g/mol. The third-order valence-electron chi connectivity index (χ3n) is 2.45. The van der Waals surface area contributed by atoms with E-state index in [4.69, 9.17) is 26.8 Å². The normalized spacial score (nSPS) is 9.29. The van der Waals surface area contributed by atoms with Crippen LogP contribution in [-0.4, -0.2) is 25.5 Å². The van der Waals surface area contributed by atoms with Gasteiger partial charge in [0.2, 0.25) is 0 Å². The highest BCUT2D eigenvalue weighted by atomic mass is 35.5. The molecule has 5 heteroatoms. The lowest BCUT2D eigenvalue weighted by Gasteiger charge is -2.01. The summed E-state index contributed by atoms with van der Waals surface area (Å²) in [4.78, 5) is 10.7. The van der Waals surface area contributed by atoms with Crippen LogP contribution in [0.3, 0.4) is 0 Å². The zero-order valence-corrected chi connectivity index (χ0v) is 12.5. The largest absolute Gasteiger partial charge is 0.496 e. The summed E-state index contributed by atoms with van der Waals surface area (Å²) in [6.07, 6.45) is 0. The molecule has 2 N–H and O–H groups in total. The molecule has 0 aliphatic heterocycles. The molecule has 2 aromatic carbocycles. The lowest BCUT2D eigenvalue weighted by molar-refractivity contribution is 0.107. The van der Waals surface area contributed by atoms with Gasteiger partial charge in [-0.3, -0.25) is 4.79 Å². The molecule has 0 saturated heterocycles. The Morgan fingerprint density at radius 2 is 1.71 bits per heavy atom. The van der Waals surface area contributed by atoms with E-state index in [9.17, 15) is 4.79 Å². The fourth-order valence-electron chi connectivity index (χ4n) is 1.50. The summed E-state index contributed by atoms with van der Waals surface area (Å²) in [5.74, 6) is 1.39. The van der Waals surface area contributed by atoms with E-state index < -0.39 is 5.24 Å². The number of para-hydroxylation sites is 2. The van der Waals surface area contributed by atoms with Gasteiger partial charge in [0.25, 0.3) is 5.24 Å². The minimum Gasteiger partial charge on any atom is -0.496 e. The Kier molecular flexibility index (Phi) is 7.94. The van der Waals surface area contributed by atoms with E-state index >= 15 is 0 Å². The first kappa shape index (κ1) is 17.0. The maximum atomic E-state index is 10.7. The maximum Gasteiger partial charge on any atom is 0.256 e. The van der Waals surface area contributed by atoms with Crippen LogP contribution in [0.4, 0.5) is 0 Å². The Bertz CT molecular complexity index is 546. The summed E-state index contributed by atoms with van der Waals surface area (Å²) >= 11 is 5.27. The van der Waals surface area contributed by atoms with Crippen molar-refractivity contribution < 1.29 is 14.3 Å². The molecule has 0 aliphatic rings. The third kappa shape index (κ3) is 6.29. The van der Waals surface area contributed by atoms with Crippen molar-refractivity contribution >= 4 is 16.8 Å². The van der Waals surface area contributed by atoms with E-state index in [1.165, 1.54) is 7.11 Å². The van der Waals surface area contributed by atoms with Gasteiger partial charge in [-0.05, 0) is 35.9 Å². The fraction of sp³-hybridized carbons (Fsp3) is 0.188. The van der Waals surface area contributed by atoms with Crippen molar-refractivity contribution in [1.82, 2.24) is 0 Å². The van der Waals surface area contributed by atoms with Crippen LogP contribution in [0, 0.1) is 0 Å². The van der Waals surface area contributed by atoms with Crippen LogP contribution in [-0.2, 0) is 0 Å². The predicted molar refractivity (Wildman–Crippen MR) is 84.2 cm³/mol. The number of methoxy groups -OCH3 is 1. The molecule has 0 saturated carbocycles. The first-order valence-corrected chi connectivity index (χ1v) is 6.77. The summed E-state index contributed by atoms with van der Waals surface area (Å²) in [7, 11) is 1.50. The lowest BCUT2D eigenvalue weighted by atomic mass is 10.2. The average Bonchev–Trinajstić information content (AvgIpc) is 2.54. The van der Waals surface area contributed by atoms with Crippen LogP contribution in [0.25, 0.3) is 0 Å². The number of carbonyl (C=O) groups is 1. The Hall–Kier alpha value is -2.04. The molecule has 0 atom stereocenters. The van der Waals surface area contributed by atoms with Crippen molar-refractivity contribution in [1.29, 1.82) is 0 Å².